The van der Waals surface area contributed by atoms with E-state index in [-0.39, 0.29) is 11.8 Å². The fourth-order valence-electron chi connectivity index (χ4n) is 3.73. The minimum Gasteiger partial charge on any atom is -0.339 e. The molecule has 2 aromatic carbocycles. The number of benzene rings is 2. The van der Waals surface area contributed by atoms with Gasteiger partial charge in [0.15, 0.2) is 0 Å². The molecule has 0 bridgehead atoms. The molecule has 8 heteroatoms. The van der Waals surface area contributed by atoms with Crippen molar-refractivity contribution in [1.29, 1.82) is 0 Å². The zero-order chi connectivity index (χ0) is 22.0. The number of hydrogen-bond acceptors (Lipinski definition) is 3. The highest BCUT2D eigenvalue weighted by molar-refractivity contribution is 5.94. The first kappa shape index (κ1) is 21.0. The van der Waals surface area contributed by atoms with Crippen LogP contribution in [0.4, 0.5) is 17.6 Å². The summed E-state index contributed by atoms with van der Waals surface area (Å²) in [4.78, 5) is 23.0. The fraction of sp³-hybridized carbons (Fsp3) is 0.261. The molecule has 1 saturated heterocycles. The van der Waals surface area contributed by atoms with Crippen molar-refractivity contribution in [2.24, 2.45) is 0 Å². The molecule has 2 heterocycles. The molecule has 31 heavy (non-hydrogen) atoms. The van der Waals surface area contributed by atoms with Crippen molar-refractivity contribution in [2.75, 3.05) is 13.1 Å². The van der Waals surface area contributed by atoms with Crippen molar-refractivity contribution < 1.29 is 22.4 Å². The van der Waals surface area contributed by atoms with Gasteiger partial charge in [0.2, 0.25) is 0 Å². The highest BCUT2D eigenvalue weighted by Gasteiger charge is 2.31. The van der Waals surface area contributed by atoms with Crippen molar-refractivity contribution in [2.45, 2.75) is 24.9 Å². The van der Waals surface area contributed by atoms with Gasteiger partial charge in [-0.3, -0.25) is 9.78 Å². The molecule has 0 spiro atoms. The number of rotatable bonds is 3. The smallest absolute Gasteiger partial charge is 0.339 e. The van der Waals surface area contributed by atoms with Gasteiger partial charge in [-0.2, -0.15) is 13.2 Å². The summed E-state index contributed by atoms with van der Waals surface area (Å²) < 4.78 is 52.1. The standard InChI is InChI=1S/C23H19F4N3O/c24-19-6-4-16(5-7-19)22(31)30-10-8-15(9-11-30)20-13-28-14-21(29-20)17-2-1-3-18(12-17)23(25,26)27/h1-7,12-15H,8-11H2. The second-order valence-electron chi connectivity index (χ2n) is 7.48. The highest BCUT2D eigenvalue weighted by Crippen LogP contribution is 2.33. The van der Waals surface area contributed by atoms with Crippen LogP contribution in [0.2, 0.25) is 0 Å². The Labute approximate surface area is 176 Å². The molecule has 1 aliphatic rings. The van der Waals surface area contributed by atoms with Gasteiger partial charge < -0.3 is 4.90 Å². The number of likely N-dealkylation sites (tertiary alicyclic amines) is 1. The van der Waals surface area contributed by atoms with Crippen LogP contribution in [0.15, 0.2) is 60.9 Å². The summed E-state index contributed by atoms with van der Waals surface area (Å²) in [5.74, 6) is -0.493. The molecular weight excluding hydrogens is 410 g/mol. The van der Waals surface area contributed by atoms with Crippen LogP contribution in [0.25, 0.3) is 11.3 Å². The number of carbonyl (C=O) groups is 1. The van der Waals surface area contributed by atoms with Crippen LogP contribution in [-0.2, 0) is 6.18 Å². The third-order valence-corrected chi connectivity index (χ3v) is 5.43. The molecule has 160 valence electrons. The van der Waals surface area contributed by atoms with Gasteiger partial charge in [-0.05, 0) is 49.2 Å². The molecule has 4 rings (SSSR count). The van der Waals surface area contributed by atoms with Gasteiger partial charge in [0, 0.05) is 36.3 Å². The average Bonchev–Trinajstić information content (AvgIpc) is 2.79. The summed E-state index contributed by atoms with van der Waals surface area (Å²) in [6.45, 7) is 1.02. The quantitative estimate of drug-likeness (QED) is 0.530. The molecule has 1 fully saturated rings. The lowest BCUT2D eigenvalue weighted by Gasteiger charge is -2.31. The first-order chi connectivity index (χ1) is 14.8. The third kappa shape index (κ3) is 4.73. The number of hydrogen-bond donors (Lipinski definition) is 0. The Hall–Kier alpha value is -3.29. The van der Waals surface area contributed by atoms with Crippen LogP contribution in [0.5, 0.6) is 0 Å². The van der Waals surface area contributed by atoms with Crippen LogP contribution >= 0.6 is 0 Å². The maximum atomic E-state index is 13.1. The summed E-state index contributed by atoms with van der Waals surface area (Å²) in [5.41, 5.74) is 1.14. The van der Waals surface area contributed by atoms with Crippen molar-refractivity contribution in [3.8, 4) is 11.3 Å². The van der Waals surface area contributed by atoms with Crippen molar-refractivity contribution in [3.05, 3.63) is 83.6 Å². The Kier molecular flexibility index (Phi) is 5.71. The van der Waals surface area contributed by atoms with Gasteiger partial charge in [-0.1, -0.05) is 12.1 Å². The van der Waals surface area contributed by atoms with Crippen LogP contribution in [0.3, 0.4) is 0 Å². The number of alkyl halides is 3. The van der Waals surface area contributed by atoms with E-state index in [1.54, 1.807) is 17.2 Å². The van der Waals surface area contributed by atoms with Crippen molar-refractivity contribution >= 4 is 5.91 Å². The summed E-state index contributed by atoms with van der Waals surface area (Å²) in [5, 5.41) is 0. The van der Waals surface area contributed by atoms with E-state index in [1.165, 1.54) is 36.5 Å². The molecule has 1 aliphatic heterocycles. The second-order valence-corrected chi connectivity index (χ2v) is 7.48. The van der Waals surface area contributed by atoms with Crippen LogP contribution in [-0.4, -0.2) is 33.9 Å². The van der Waals surface area contributed by atoms with Crippen LogP contribution < -0.4 is 0 Å². The van der Waals surface area contributed by atoms with Gasteiger partial charge >= 0.3 is 6.18 Å². The maximum absolute atomic E-state index is 13.1. The predicted octanol–water partition coefficient (Wildman–Crippen LogP) is 5.32. The van der Waals surface area contributed by atoms with E-state index in [2.05, 4.69) is 9.97 Å². The second kappa shape index (κ2) is 8.45. The number of carbonyl (C=O) groups excluding carboxylic acids is 1. The summed E-state index contributed by atoms with van der Waals surface area (Å²) >= 11 is 0. The van der Waals surface area contributed by atoms with E-state index in [9.17, 15) is 22.4 Å². The molecule has 0 atom stereocenters. The van der Waals surface area contributed by atoms with Gasteiger partial charge in [-0.15, -0.1) is 0 Å². The molecule has 0 radical (unpaired) electrons. The molecule has 0 saturated carbocycles. The van der Waals surface area contributed by atoms with Gasteiger partial charge in [-0.25, -0.2) is 9.37 Å². The lowest BCUT2D eigenvalue weighted by Crippen LogP contribution is -2.38. The highest BCUT2D eigenvalue weighted by atomic mass is 19.4. The molecule has 1 amide bonds. The topological polar surface area (TPSA) is 46.1 Å². The lowest BCUT2D eigenvalue weighted by atomic mass is 9.93. The van der Waals surface area contributed by atoms with E-state index in [4.69, 9.17) is 0 Å². The molecule has 0 unspecified atom stereocenters. The fourth-order valence-corrected chi connectivity index (χ4v) is 3.73. The van der Waals surface area contributed by atoms with E-state index in [1.807, 2.05) is 0 Å². The summed E-state index contributed by atoms with van der Waals surface area (Å²) in [7, 11) is 0. The van der Waals surface area contributed by atoms with Crippen molar-refractivity contribution in [3.63, 3.8) is 0 Å². The first-order valence-electron chi connectivity index (χ1n) is 9.85. The molecule has 3 aromatic rings. The Balaban J connectivity index is 1.46. The largest absolute Gasteiger partial charge is 0.416 e. The van der Waals surface area contributed by atoms with E-state index >= 15 is 0 Å². The number of piperidine rings is 1. The van der Waals surface area contributed by atoms with Gasteiger partial charge in [0.1, 0.15) is 5.82 Å². The Bertz CT molecular complexity index is 1070. The van der Waals surface area contributed by atoms with E-state index < -0.39 is 17.6 Å². The lowest BCUT2D eigenvalue weighted by molar-refractivity contribution is -0.137. The molecular formula is C23H19F4N3O. The normalized spacial score (nSPS) is 15.2. The number of amides is 1. The van der Waals surface area contributed by atoms with E-state index in [0.717, 1.165) is 12.1 Å². The summed E-state index contributed by atoms with van der Waals surface area (Å²) in [6.07, 6.45) is -0.0301. The molecule has 0 N–H and O–H groups in total. The van der Waals surface area contributed by atoms with E-state index in [0.29, 0.717) is 48.4 Å². The van der Waals surface area contributed by atoms with Crippen LogP contribution in [0.1, 0.15) is 40.4 Å². The zero-order valence-electron chi connectivity index (χ0n) is 16.4. The first-order valence-corrected chi connectivity index (χ1v) is 9.85. The molecule has 0 aliphatic carbocycles. The Morgan fingerprint density at radius 2 is 1.71 bits per heavy atom. The monoisotopic (exact) mass is 429 g/mol. The SMILES string of the molecule is O=C(c1ccc(F)cc1)N1CCC(c2cncc(-c3cccc(C(F)(F)F)c3)n2)CC1. The van der Waals surface area contributed by atoms with Gasteiger partial charge in [0.05, 0.1) is 23.1 Å². The average molecular weight is 429 g/mol. The summed E-state index contributed by atoms with van der Waals surface area (Å²) in [6, 6.07) is 10.5. The number of aromatic nitrogens is 2. The predicted molar refractivity (Wildman–Crippen MR) is 107 cm³/mol. The Morgan fingerprint density at radius 1 is 1.00 bits per heavy atom. The maximum Gasteiger partial charge on any atom is 0.416 e. The molecule has 1 aromatic heterocycles. The van der Waals surface area contributed by atoms with Crippen LogP contribution in [0, 0.1) is 5.82 Å². The Morgan fingerprint density at radius 3 is 2.39 bits per heavy atom. The zero-order valence-corrected chi connectivity index (χ0v) is 16.4. The number of nitrogens with zero attached hydrogens (tertiary/aromatic N) is 3. The third-order valence-electron chi connectivity index (χ3n) is 5.43. The minimum absolute atomic E-state index is 0.0514. The van der Waals surface area contributed by atoms with Gasteiger partial charge in [0.25, 0.3) is 5.91 Å². The molecule has 4 nitrogen and oxygen atoms in total. The van der Waals surface area contributed by atoms with Crippen molar-refractivity contribution in [1.82, 2.24) is 14.9 Å². The number of halogens is 4. The minimum atomic E-state index is -4.43.